The smallest absolute Gasteiger partial charge is 0.306 e. The van der Waals surface area contributed by atoms with Gasteiger partial charge >= 0.3 is 11.9 Å². The molecule has 0 heterocycles. The molecule has 0 rings (SSSR count). The van der Waals surface area contributed by atoms with E-state index in [2.05, 4.69) is 30.5 Å². The zero-order valence-corrected chi connectivity index (χ0v) is 34.4. The van der Waals surface area contributed by atoms with Gasteiger partial charge in [-0.1, -0.05) is 154 Å². The van der Waals surface area contributed by atoms with Gasteiger partial charge in [0.25, 0.3) is 7.82 Å². The van der Waals surface area contributed by atoms with E-state index in [0.29, 0.717) is 12.8 Å². The molecule has 0 aromatic heterocycles. The van der Waals surface area contributed by atoms with Crippen molar-refractivity contribution >= 4 is 19.8 Å². The van der Waals surface area contributed by atoms with Crippen LogP contribution in [-0.4, -0.2) is 60.8 Å². The summed E-state index contributed by atoms with van der Waals surface area (Å²) in [6, 6.07) is 0. The second-order valence-corrected chi connectivity index (χ2v) is 15.4. The molecule has 0 aliphatic carbocycles. The fourth-order valence-corrected chi connectivity index (χ4v) is 6.47. The van der Waals surface area contributed by atoms with Crippen LogP contribution < -0.4 is 11.0 Å². The SMILES string of the molecule is CCCCCCCC=CCCCCCCCCC(=O)O[C@H](COC(=O)CCCCCCCCCCCCCCC)COP(=O)([O-])OCC(O)CO.[NH4+]. The Hall–Kier alpha value is -1.33. The fourth-order valence-electron chi connectivity index (χ4n) is 5.69. The van der Waals surface area contributed by atoms with Gasteiger partial charge in [-0.25, -0.2) is 0 Å². The minimum Gasteiger partial charge on any atom is -0.756 e. The third-order valence-corrected chi connectivity index (χ3v) is 9.84. The number of phosphoric ester groups is 1. The fraction of sp³-hybridized carbons (Fsp3) is 0.900. The van der Waals surface area contributed by atoms with Crippen molar-refractivity contribution in [3.63, 3.8) is 0 Å². The molecule has 0 saturated carbocycles. The van der Waals surface area contributed by atoms with Gasteiger partial charge in [0.15, 0.2) is 6.10 Å². The van der Waals surface area contributed by atoms with Crippen LogP contribution >= 0.6 is 7.82 Å². The third-order valence-electron chi connectivity index (χ3n) is 8.91. The number of aliphatic hydroxyl groups excluding tert-OH is 2. The highest BCUT2D eigenvalue weighted by molar-refractivity contribution is 7.45. The number of carbonyl (C=O) groups excluding carboxylic acids is 2. The maximum Gasteiger partial charge on any atom is 0.306 e. The Bertz CT molecular complexity index is 875. The van der Waals surface area contributed by atoms with E-state index in [1.54, 1.807) is 0 Å². The highest BCUT2D eigenvalue weighted by atomic mass is 31.2. The van der Waals surface area contributed by atoms with Crippen molar-refractivity contribution in [2.45, 2.75) is 206 Å². The first kappa shape index (κ1) is 52.8. The minimum absolute atomic E-state index is 0. The lowest BCUT2D eigenvalue weighted by Crippen LogP contribution is -2.30. The van der Waals surface area contributed by atoms with Crippen molar-refractivity contribution in [2.75, 3.05) is 26.4 Å². The lowest BCUT2D eigenvalue weighted by Gasteiger charge is -2.26. The van der Waals surface area contributed by atoms with Crippen LogP contribution in [0, 0.1) is 0 Å². The van der Waals surface area contributed by atoms with Crippen LogP contribution in [0.1, 0.15) is 194 Å². The molecule has 0 amide bonds. The standard InChI is InChI=1S/C40H77O10P.H3N/c1-3-5-7-9-11-13-15-17-18-20-22-24-26-28-30-32-40(44)50-38(36-49-51(45,46)48-34-37(42)33-41)35-47-39(43)31-29-27-25-23-21-19-16-14-12-10-8-6-4-2;/h15,17,37-38,41-42H,3-14,16,18-36H2,1-2H3,(H,45,46);1H3/t37?,38-;/m1./s1. The number of phosphoric acid groups is 1. The van der Waals surface area contributed by atoms with Crippen LogP contribution in [0.4, 0.5) is 0 Å². The first-order chi connectivity index (χ1) is 24.7. The summed E-state index contributed by atoms with van der Waals surface area (Å²) in [6.45, 7) is 2.19. The predicted octanol–water partition coefficient (Wildman–Crippen LogP) is 10.2. The molecule has 12 heteroatoms. The number of rotatable bonds is 39. The summed E-state index contributed by atoms with van der Waals surface area (Å²) in [6.07, 6.45) is 32.9. The Morgan fingerprint density at radius 1 is 0.596 bits per heavy atom. The summed E-state index contributed by atoms with van der Waals surface area (Å²) in [7, 11) is -4.86. The summed E-state index contributed by atoms with van der Waals surface area (Å²) in [5.41, 5.74) is 0. The summed E-state index contributed by atoms with van der Waals surface area (Å²) < 4.78 is 32.3. The molecule has 0 bridgehead atoms. The highest BCUT2D eigenvalue weighted by Gasteiger charge is 2.21. The van der Waals surface area contributed by atoms with Crippen molar-refractivity contribution in [1.29, 1.82) is 0 Å². The number of hydrogen-bond acceptors (Lipinski definition) is 10. The van der Waals surface area contributed by atoms with Gasteiger partial charge < -0.3 is 39.8 Å². The Kier molecular flexibility index (Phi) is 40.0. The van der Waals surface area contributed by atoms with Crippen LogP contribution in [0.3, 0.4) is 0 Å². The quantitative estimate of drug-likeness (QED) is 0.0235. The minimum atomic E-state index is -4.86. The van der Waals surface area contributed by atoms with Gasteiger partial charge in [0.1, 0.15) is 12.7 Å². The van der Waals surface area contributed by atoms with E-state index in [9.17, 15) is 24.2 Å². The lowest BCUT2D eigenvalue weighted by molar-refractivity contribution is -0.230. The number of carbonyl (C=O) groups is 2. The first-order valence-corrected chi connectivity index (χ1v) is 22.1. The number of aliphatic hydroxyl groups is 2. The molecule has 52 heavy (non-hydrogen) atoms. The molecule has 0 aromatic rings. The summed E-state index contributed by atoms with van der Waals surface area (Å²) in [5, 5.41) is 18.2. The van der Waals surface area contributed by atoms with Crippen LogP contribution in [0.5, 0.6) is 0 Å². The molecular weight excluding hydrogens is 685 g/mol. The van der Waals surface area contributed by atoms with Gasteiger partial charge in [-0.15, -0.1) is 0 Å². The van der Waals surface area contributed by atoms with Crippen molar-refractivity contribution in [2.24, 2.45) is 0 Å². The summed E-state index contributed by atoms with van der Waals surface area (Å²) >= 11 is 0. The van der Waals surface area contributed by atoms with E-state index in [4.69, 9.17) is 19.1 Å². The zero-order valence-electron chi connectivity index (χ0n) is 33.5. The Morgan fingerprint density at radius 2 is 0.981 bits per heavy atom. The average molecular weight is 766 g/mol. The molecule has 0 radical (unpaired) electrons. The Balaban J connectivity index is 0. The highest BCUT2D eigenvalue weighted by Crippen LogP contribution is 2.38. The molecule has 0 aromatic carbocycles. The van der Waals surface area contributed by atoms with E-state index in [-0.39, 0.29) is 25.6 Å². The predicted molar refractivity (Wildman–Crippen MR) is 209 cm³/mol. The first-order valence-electron chi connectivity index (χ1n) is 20.6. The number of unbranched alkanes of at least 4 members (excludes halogenated alkanes) is 23. The normalized spacial score (nSPS) is 13.8. The van der Waals surface area contributed by atoms with Gasteiger partial charge in [-0.2, -0.15) is 0 Å². The number of esters is 2. The monoisotopic (exact) mass is 766 g/mol. The third kappa shape index (κ3) is 38.4. The van der Waals surface area contributed by atoms with Crippen LogP contribution in [-0.2, 0) is 32.7 Å². The molecular formula is C40H80NO10P. The van der Waals surface area contributed by atoms with E-state index in [0.717, 1.165) is 51.4 Å². The number of hydrogen-bond donors (Lipinski definition) is 3. The van der Waals surface area contributed by atoms with E-state index < -0.39 is 51.8 Å². The maximum absolute atomic E-state index is 12.6. The van der Waals surface area contributed by atoms with Gasteiger partial charge in [0.05, 0.1) is 19.8 Å². The zero-order chi connectivity index (χ0) is 37.7. The average Bonchev–Trinajstić information content (AvgIpc) is 3.12. The Morgan fingerprint density at radius 3 is 1.42 bits per heavy atom. The molecule has 0 spiro atoms. The second kappa shape index (κ2) is 39.4. The van der Waals surface area contributed by atoms with Gasteiger partial charge in [-0.3, -0.25) is 14.2 Å². The molecule has 2 unspecified atom stereocenters. The molecule has 310 valence electrons. The number of quaternary nitrogens is 1. The molecule has 11 nitrogen and oxygen atoms in total. The Labute approximate surface area is 317 Å². The molecule has 0 fully saturated rings. The van der Waals surface area contributed by atoms with E-state index in [1.165, 1.54) is 103 Å². The van der Waals surface area contributed by atoms with Crippen LogP contribution in [0.25, 0.3) is 0 Å². The largest absolute Gasteiger partial charge is 0.756 e. The van der Waals surface area contributed by atoms with Gasteiger partial charge in [0, 0.05) is 12.8 Å². The second-order valence-electron chi connectivity index (χ2n) is 14.0. The van der Waals surface area contributed by atoms with Crippen molar-refractivity contribution in [1.82, 2.24) is 6.15 Å². The van der Waals surface area contributed by atoms with Crippen LogP contribution in [0.15, 0.2) is 12.2 Å². The molecule has 6 N–H and O–H groups in total. The van der Waals surface area contributed by atoms with Gasteiger partial charge in [-0.05, 0) is 38.5 Å². The number of allylic oxidation sites excluding steroid dienone is 2. The molecule has 0 aliphatic heterocycles. The molecule has 3 atom stereocenters. The van der Waals surface area contributed by atoms with Crippen molar-refractivity contribution < 1.29 is 47.8 Å². The van der Waals surface area contributed by atoms with E-state index in [1.807, 2.05) is 0 Å². The number of ether oxygens (including phenoxy) is 2. The maximum atomic E-state index is 12.6. The van der Waals surface area contributed by atoms with E-state index >= 15 is 0 Å². The van der Waals surface area contributed by atoms with Gasteiger partial charge in [0.2, 0.25) is 0 Å². The topological polar surface area (TPSA) is 188 Å². The molecule has 0 saturated heterocycles. The summed E-state index contributed by atoms with van der Waals surface area (Å²) in [5.74, 6) is -0.960. The molecule has 0 aliphatic rings. The van der Waals surface area contributed by atoms with Crippen molar-refractivity contribution in [3.8, 4) is 0 Å². The summed E-state index contributed by atoms with van der Waals surface area (Å²) in [4.78, 5) is 37.0. The van der Waals surface area contributed by atoms with Crippen LogP contribution in [0.2, 0.25) is 0 Å². The van der Waals surface area contributed by atoms with Crippen molar-refractivity contribution in [3.05, 3.63) is 12.2 Å². The lowest BCUT2D eigenvalue weighted by atomic mass is 10.0.